The number of nitrogens with zero attached hydrogens (tertiary/aromatic N) is 3. The minimum absolute atomic E-state index is 0.0950. The monoisotopic (exact) mass is 259 g/mol. The maximum Gasteiger partial charge on any atom is 0.259 e. The number of hydrogen-bond acceptors (Lipinski definition) is 3. The Morgan fingerprint density at radius 2 is 2.28 bits per heavy atom. The quantitative estimate of drug-likeness (QED) is 0.722. The Kier molecular flexibility index (Phi) is 2.76. The Labute approximate surface area is 108 Å². The van der Waals surface area contributed by atoms with Crippen molar-refractivity contribution in [3.63, 3.8) is 0 Å². The molecule has 18 heavy (non-hydrogen) atoms. The van der Waals surface area contributed by atoms with E-state index >= 15 is 0 Å². The fraction of sp³-hybridized carbons (Fsp3) is 0.231. The van der Waals surface area contributed by atoms with E-state index in [2.05, 4.69) is 5.10 Å². The highest BCUT2D eigenvalue weighted by Crippen LogP contribution is 2.16. The molecule has 3 rings (SSSR count). The molecule has 5 heteroatoms. The van der Waals surface area contributed by atoms with Crippen LogP contribution in [-0.4, -0.2) is 14.3 Å². The number of pyridine rings is 1. The van der Waals surface area contributed by atoms with E-state index in [1.165, 1.54) is 0 Å². The smallest absolute Gasteiger partial charge is 0.259 e. The molecule has 0 radical (unpaired) electrons. The molecule has 0 saturated heterocycles. The number of rotatable bonds is 3. The Balaban J connectivity index is 1.86. The van der Waals surface area contributed by atoms with E-state index in [9.17, 15) is 4.79 Å². The third kappa shape index (κ3) is 1.97. The van der Waals surface area contributed by atoms with Crippen LogP contribution in [0.3, 0.4) is 0 Å². The normalized spacial score (nSPS) is 11.2. The van der Waals surface area contributed by atoms with Crippen molar-refractivity contribution in [3.05, 3.63) is 52.0 Å². The summed E-state index contributed by atoms with van der Waals surface area (Å²) in [5.41, 5.74) is 1.24. The van der Waals surface area contributed by atoms with Crippen LogP contribution >= 0.6 is 11.3 Å². The lowest BCUT2D eigenvalue weighted by Crippen LogP contribution is -2.19. The van der Waals surface area contributed by atoms with Gasteiger partial charge >= 0.3 is 0 Å². The molecule has 0 aliphatic carbocycles. The zero-order valence-electron chi connectivity index (χ0n) is 10.0. The van der Waals surface area contributed by atoms with Crippen molar-refractivity contribution in [1.82, 2.24) is 14.3 Å². The van der Waals surface area contributed by atoms with Crippen LogP contribution in [0.25, 0.3) is 10.1 Å². The standard InChI is InChI=1S/C13H13N3OS/c1-15-9-10(8-14-15)2-5-16-6-3-12-11(13(16)17)4-7-18-12/h3-4,6-9H,2,5H2,1H3. The molecule has 92 valence electrons. The number of fused-ring (bicyclic) bond motifs is 1. The second-order valence-corrected chi connectivity index (χ2v) is 5.23. The molecule has 0 amide bonds. The first kappa shape index (κ1) is 11.2. The molecule has 0 aliphatic heterocycles. The summed E-state index contributed by atoms with van der Waals surface area (Å²) >= 11 is 1.60. The van der Waals surface area contributed by atoms with E-state index < -0.39 is 0 Å². The van der Waals surface area contributed by atoms with Crippen molar-refractivity contribution >= 4 is 21.4 Å². The van der Waals surface area contributed by atoms with Crippen LogP contribution in [0.15, 0.2) is 40.9 Å². The fourth-order valence-electron chi connectivity index (χ4n) is 2.03. The summed E-state index contributed by atoms with van der Waals surface area (Å²) in [6.45, 7) is 0.691. The van der Waals surface area contributed by atoms with E-state index in [1.54, 1.807) is 20.6 Å². The number of hydrogen-bond donors (Lipinski definition) is 0. The molecule has 3 aromatic heterocycles. The van der Waals surface area contributed by atoms with Gasteiger partial charge in [-0.3, -0.25) is 9.48 Å². The highest BCUT2D eigenvalue weighted by atomic mass is 32.1. The van der Waals surface area contributed by atoms with Crippen LogP contribution in [0.4, 0.5) is 0 Å². The predicted molar refractivity (Wildman–Crippen MR) is 73.0 cm³/mol. The van der Waals surface area contributed by atoms with E-state index in [-0.39, 0.29) is 5.56 Å². The first-order valence-corrected chi connectivity index (χ1v) is 6.66. The summed E-state index contributed by atoms with van der Waals surface area (Å²) in [4.78, 5) is 12.2. The maximum atomic E-state index is 12.2. The van der Waals surface area contributed by atoms with Gasteiger partial charge in [0, 0.05) is 30.7 Å². The lowest BCUT2D eigenvalue weighted by Gasteiger charge is -2.04. The molecule has 0 N–H and O–H groups in total. The lowest BCUT2D eigenvalue weighted by molar-refractivity contribution is 0.674. The number of aromatic nitrogens is 3. The summed E-state index contributed by atoms with van der Waals surface area (Å²) in [6, 6.07) is 3.90. The summed E-state index contributed by atoms with van der Waals surface area (Å²) in [5, 5.41) is 6.89. The van der Waals surface area contributed by atoms with E-state index in [0.717, 1.165) is 22.1 Å². The van der Waals surface area contributed by atoms with Gasteiger partial charge in [0.25, 0.3) is 5.56 Å². The van der Waals surface area contributed by atoms with Crippen molar-refractivity contribution in [3.8, 4) is 0 Å². The first-order valence-electron chi connectivity index (χ1n) is 5.78. The molecule has 0 atom stereocenters. The van der Waals surface area contributed by atoms with Gasteiger partial charge in [0.1, 0.15) is 0 Å². The summed E-state index contributed by atoms with van der Waals surface area (Å²) < 4.78 is 4.60. The van der Waals surface area contributed by atoms with Crippen molar-refractivity contribution in [1.29, 1.82) is 0 Å². The zero-order valence-corrected chi connectivity index (χ0v) is 10.9. The van der Waals surface area contributed by atoms with Crippen LogP contribution in [0, 0.1) is 0 Å². The second-order valence-electron chi connectivity index (χ2n) is 4.29. The topological polar surface area (TPSA) is 39.8 Å². The molecule has 3 aromatic rings. The predicted octanol–water partition coefficient (Wildman–Crippen LogP) is 2.04. The molecular formula is C13H13N3OS. The summed E-state index contributed by atoms with van der Waals surface area (Å²) in [6.07, 6.45) is 6.52. The van der Waals surface area contributed by atoms with Crippen LogP contribution in [0.1, 0.15) is 5.56 Å². The molecule has 0 bridgehead atoms. The van der Waals surface area contributed by atoms with Crippen LogP contribution in [0.2, 0.25) is 0 Å². The molecule has 4 nitrogen and oxygen atoms in total. The van der Waals surface area contributed by atoms with Gasteiger partial charge in [0.15, 0.2) is 0 Å². The third-order valence-corrected chi connectivity index (χ3v) is 3.87. The first-order chi connectivity index (χ1) is 8.74. The van der Waals surface area contributed by atoms with Gasteiger partial charge < -0.3 is 4.57 Å². The van der Waals surface area contributed by atoms with E-state index in [0.29, 0.717) is 6.54 Å². The van der Waals surface area contributed by atoms with Crippen molar-refractivity contribution in [2.24, 2.45) is 7.05 Å². The number of aryl methyl sites for hydroxylation is 3. The van der Waals surface area contributed by atoms with E-state index in [1.807, 2.05) is 43.2 Å². The van der Waals surface area contributed by atoms with Gasteiger partial charge in [0.2, 0.25) is 0 Å². The average molecular weight is 259 g/mol. The van der Waals surface area contributed by atoms with Gasteiger partial charge in [-0.25, -0.2) is 0 Å². The Bertz CT molecular complexity index is 738. The Morgan fingerprint density at radius 1 is 1.39 bits per heavy atom. The molecule has 0 unspecified atom stereocenters. The zero-order chi connectivity index (χ0) is 12.5. The van der Waals surface area contributed by atoms with Gasteiger partial charge in [-0.15, -0.1) is 11.3 Å². The lowest BCUT2D eigenvalue weighted by atomic mass is 10.2. The molecule has 0 spiro atoms. The minimum Gasteiger partial charge on any atom is -0.315 e. The summed E-state index contributed by atoms with van der Waals surface area (Å²) in [5.74, 6) is 0. The number of thiophene rings is 1. The van der Waals surface area contributed by atoms with Crippen molar-refractivity contribution in [2.75, 3.05) is 0 Å². The minimum atomic E-state index is 0.0950. The van der Waals surface area contributed by atoms with Gasteiger partial charge in [0.05, 0.1) is 11.6 Å². The van der Waals surface area contributed by atoms with Crippen LogP contribution < -0.4 is 5.56 Å². The van der Waals surface area contributed by atoms with Gasteiger partial charge in [-0.1, -0.05) is 0 Å². The largest absolute Gasteiger partial charge is 0.315 e. The van der Waals surface area contributed by atoms with Crippen molar-refractivity contribution < 1.29 is 0 Å². The van der Waals surface area contributed by atoms with Crippen LogP contribution in [0.5, 0.6) is 0 Å². The summed E-state index contributed by atoms with van der Waals surface area (Å²) in [7, 11) is 1.90. The SMILES string of the molecule is Cn1cc(CCn2ccc3sccc3c2=O)cn1. The van der Waals surface area contributed by atoms with Gasteiger partial charge in [-0.2, -0.15) is 5.10 Å². The average Bonchev–Trinajstić information content (AvgIpc) is 2.97. The fourth-order valence-corrected chi connectivity index (χ4v) is 2.81. The molecule has 3 heterocycles. The molecule has 0 aromatic carbocycles. The van der Waals surface area contributed by atoms with Gasteiger partial charge in [-0.05, 0) is 29.5 Å². The van der Waals surface area contributed by atoms with Crippen LogP contribution in [-0.2, 0) is 20.0 Å². The molecule has 0 saturated carbocycles. The van der Waals surface area contributed by atoms with E-state index in [4.69, 9.17) is 0 Å². The Morgan fingerprint density at radius 3 is 3.06 bits per heavy atom. The molecule has 0 aliphatic rings. The van der Waals surface area contributed by atoms with Crippen molar-refractivity contribution in [2.45, 2.75) is 13.0 Å². The highest BCUT2D eigenvalue weighted by Gasteiger charge is 2.04. The second kappa shape index (κ2) is 4.42. The highest BCUT2D eigenvalue weighted by molar-refractivity contribution is 7.17. The molecular weight excluding hydrogens is 246 g/mol. The third-order valence-electron chi connectivity index (χ3n) is 2.99. The molecule has 0 fully saturated rings. The maximum absolute atomic E-state index is 12.2. The Hall–Kier alpha value is -1.88.